The highest BCUT2D eigenvalue weighted by atomic mass is 16.5. The lowest BCUT2D eigenvalue weighted by molar-refractivity contribution is -0.144. The Morgan fingerprint density at radius 2 is 1.54 bits per heavy atom. The number of carbonyl (C=O) groups excluding carboxylic acids is 2. The van der Waals surface area contributed by atoms with Gasteiger partial charge in [0, 0.05) is 10.8 Å². The molecule has 0 radical (unpaired) electrons. The van der Waals surface area contributed by atoms with Crippen molar-refractivity contribution in [2.24, 2.45) is 5.92 Å². The molecule has 2 aromatic carbocycles. The molecule has 0 spiro atoms. The van der Waals surface area contributed by atoms with Crippen LogP contribution in [0.15, 0.2) is 48.5 Å². The van der Waals surface area contributed by atoms with E-state index in [1.165, 1.54) is 13.5 Å². The average Bonchev–Trinajstić information content (AvgIpc) is 2.75. The molecular formula is C23H24N2O3. The summed E-state index contributed by atoms with van der Waals surface area (Å²) < 4.78 is 5.01. The first-order chi connectivity index (χ1) is 13.7. The average molecular weight is 376 g/mol. The summed E-state index contributed by atoms with van der Waals surface area (Å²) in [7, 11) is 1.38. The zero-order valence-electron chi connectivity index (χ0n) is 16.0. The first kappa shape index (κ1) is 18.4. The molecule has 1 aliphatic rings. The van der Waals surface area contributed by atoms with E-state index in [2.05, 4.69) is 10.3 Å². The fourth-order valence-corrected chi connectivity index (χ4v) is 4.26. The number of fused-ring (bicyclic) bond motifs is 2. The van der Waals surface area contributed by atoms with Gasteiger partial charge in [0.25, 0.3) is 5.91 Å². The van der Waals surface area contributed by atoms with Crippen LogP contribution in [0.3, 0.4) is 0 Å². The van der Waals surface area contributed by atoms with Gasteiger partial charge in [0.15, 0.2) is 0 Å². The van der Waals surface area contributed by atoms with E-state index in [-0.39, 0.29) is 17.8 Å². The van der Waals surface area contributed by atoms with Crippen molar-refractivity contribution in [1.82, 2.24) is 10.3 Å². The van der Waals surface area contributed by atoms with Crippen molar-refractivity contribution in [3.63, 3.8) is 0 Å². The third kappa shape index (κ3) is 3.44. The third-order valence-electron chi connectivity index (χ3n) is 5.68. The molecular weight excluding hydrogens is 352 g/mol. The van der Waals surface area contributed by atoms with Gasteiger partial charge >= 0.3 is 5.97 Å². The van der Waals surface area contributed by atoms with E-state index in [1.807, 2.05) is 48.5 Å². The molecule has 5 nitrogen and oxygen atoms in total. The molecule has 1 amide bonds. The summed E-state index contributed by atoms with van der Waals surface area (Å²) in [5.41, 5.74) is 2.09. The quantitative estimate of drug-likeness (QED) is 0.546. The van der Waals surface area contributed by atoms with Gasteiger partial charge in [-0.1, -0.05) is 55.7 Å². The van der Waals surface area contributed by atoms with Crippen molar-refractivity contribution < 1.29 is 14.3 Å². The van der Waals surface area contributed by atoms with Crippen LogP contribution in [0.5, 0.6) is 0 Å². The Hall–Kier alpha value is -2.95. The molecule has 3 aromatic rings. The van der Waals surface area contributed by atoms with Gasteiger partial charge in [0.2, 0.25) is 0 Å². The summed E-state index contributed by atoms with van der Waals surface area (Å²) >= 11 is 0. The van der Waals surface area contributed by atoms with E-state index >= 15 is 0 Å². The molecule has 1 aliphatic carbocycles. The van der Waals surface area contributed by atoms with Crippen LogP contribution in [0.1, 0.15) is 42.5 Å². The maximum atomic E-state index is 13.4. The first-order valence-electron chi connectivity index (χ1n) is 9.85. The summed E-state index contributed by atoms with van der Waals surface area (Å²) in [5.74, 6) is -0.511. The van der Waals surface area contributed by atoms with E-state index in [0.717, 1.165) is 47.5 Å². The van der Waals surface area contributed by atoms with Crippen molar-refractivity contribution in [3.8, 4) is 0 Å². The van der Waals surface area contributed by atoms with Gasteiger partial charge < -0.3 is 10.1 Å². The number of nitrogens with zero attached hydrogens (tertiary/aromatic N) is 1. The lowest BCUT2D eigenvalue weighted by Crippen LogP contribution is -2.47. The minimum Gasteiger partial charge on any atom is -0.467 e. The largest absolute Gasteiger partial charge is 0.467 e. The lowest BCUT2D eigenvalue weighted by atomic mass is 9.83. The zero-order valence-corrected chi connectivity index (χ0v) is 16.0. The van der Waals surface area contributed by atoms with E-state index in [4.69, 9.17) is 4.74 Å². The van der Waals surface area contributed by atoms with Crippen molar-refractivity contribution >= 4 is 33.7 Å². The standard InChI is InChI=1S/C23H24N2O3/c1-28-23(27)21(15-9-3-2-4-10-15)25-22(26)20-16-11-5-7-13-18(16)24-19-14-8-6-12-17(19)20/h5-8,11-15,21H,2-4,9-10H2,1H3,(H,25,26)/t21-/m1/s1. The number of rotatable bonds is 4. The predicted molar refractivity (Wildman–Crippen MR) is 109 cm³/mol. The fraction of sp³-hybridized carbons (Fsp3) is 0.348. The summed E-state index contributed by atoms with van der Waals surface area (Å²) in [5, 5.41) is 4.56. The van der Waals surface area contributed by atoms with Crippen LogP contribution in [0, 0.1) is 5.92 Å². The SMILES string of the molecule is COC(=O)[C@H](NC(=O)c1c2ccccc2nc2ccccc12)C1CCCCC1. The summed E-state index contributed by atoms with van der Waals surface area (Å²) in [6.45, 7) is 0. The number of nitrogens with one attached hydrogen (secondary N) is 1. The Morgan fingerprint density at radius 3 is 2.11 bits per heavy atom. The second-order valence-electron chi connectivity index (χ2n) is 7.39. The van der Waals surface area contributed by atoms with Gasteiger partial charge in [0.1, 0.15) is 6.04 Å². The van der Waals surface area contributed by atoms with Gasteiger partial charge in [-0.05, 0) is 30.9 Å². The lowest BCUT2D eigenvalue weighted by Gasteiger charge is -2.29. The Kier molecular flexibility index (Phi) is 5.24. The topological polar surface area (TPSA) is 68.3 Å². The number of amides is 1. The van der Waals surface area contributed by atoms with Gasteiger partial charge in [-0.25, -0.2) is 9.78 Å². The molecule has 4 rings (SSSR count). The zero-order chi connectivity index (χ0) is 19.5. The van der Waals surface area contributed by atoms with Gasteiger partial charge in [-0.15, -0.1) is 0 Å². The summed E-state index contributed by atoms with van der Waals surface area (Å²) in [6, 6.07) is 14.6. The number of benzene rings is 2. The highest BCUT2D eigenvalue weighted by molar-refractivity contribution is 6.16. The molecule has 1 aromatic heterocycles. The van der Waals surface area contributed by atoms with Gasteiger partial charge in [-0.2, -0.15) is 0 Å². The molecule has 1 N–H and O–H groups in total. The van der Waals surface area contributed by atoms with Crippen molar-refractivity contribution in [2.45, 2.75) is 38.1 Å². The molecule has 5 heteroatoms. The Bertz CT molecular complexity index is 971. The van der Waals surface area contributed by atoms with E-state index < -0.39 is 6.04 Å². The number of hydrogen-bond acceptors (Lipinski definition) is 4. The third-order valence-corrected chi connectivity index (χ3v) is 5.68. The molecule has 1 heterocycles. The van der Waals surface area contributed by atoms with Crippen LogP contribution >= 0.6 is 0 Å². The Balaban J connectivity index is 1.77. The normalized spacial score (nSPS) is 16.0. The maximum Gasteiger partial charge on any atom is 0.328 e. The molecule has 1 saturated carbocycles. The van der Waals surface area contributed by atoms with Crippen molar-refractivity contribution in [2.75, 3.05) is 7.11 Å². The molecule has 0 bridgehead atoms. The van der Waals surface area contributed by atoms with Crippen LogP contribution in [-0.2, 0) is 9.53 Å². The maximum absolute atomic E-state index is 13.4. The summed E-state index contributed by atoms with van der Waals surface area (Å²) in [6.07, 6.45) is 5.19. The smallest absolute Gasteiger partial charge is 0.328 e. The minimum atomic E-state index is -0.622. The molecule has 0 aliphatic heterocycles. The number of para-hydroxylation sites is 2. The van der Waals surface area contributed by atoms with Crippen LogP contribution in [-0.4, -0.2) is 30.0 Å². The van der Waals surface area contributed by atoms with Crippen LogP contribution < -0.4 is 5.32 Å². The number of esters is 1. The molecule has 28 heavy (non-hydrogen) atoms. The number of aromatic nitrogens is 1. The first-order valence-corrected chi connectivity index (χ1v) is 9.85. The number of carbonyl (C=O) groups is 2. The second kappa shape index (κ2) is 7.97. The van der Waals surface area contributed by atoms with Crippen molar-refractivity contribution in [1.29, 1.82) is 0 Å². The van der Waals surface area contributed by atoms with Crippen LogP contribution in [0.25, 0.3) is 21.8 Å². The highest BCUT2D eigenvalue weighted by Gasteiger charge is 2.32. The van der Waals surface area contributed by atoms with Crippen molar-refractivity contribution in [3.05, 3.63) is 54.1 Å². The van der Waals surface area contributed by atoms with Crippen LogP contribution in [0.2, 0.25) is 0 Å². The van der Waals surface area contributed by atoms with E-state index in [1.54, 1.807) is 0 Å². The Labute approximate surface area is 164 Å². The second-order valence-corrected chi connectivity index (χ2v) is 7.39. The molecule has 1 fully saturated rings. The highest BCUT2D eigenvalue weighted by Crippen LogP contribution is 2.29. The molecule has 0 unspecified atom stereocenters. The fourth-order valence-electron chi connectivity index (χ4n) is 4.26. The number of hydrogen-bond donors (Lipinski definition) is 1. The monoisotopic (exact) mass is 376 g/mol. The van der Waals surface area contributed by atoms with E-state index in [0.29, 0.717) is 5.56 Å². The number of pyridine rings is 1. The van der Waals surface area contributed by atoms with Crippen LogP contribution in [0.4, 0.5) is 0 Å². The molecule has 0 saturated heterocycles. The molecule has 1 atom stereocenters. The number of methoxy groups -OCH3 is 1. The Morgan fingerprint density at radius 1 is 0.964 bits per heavy atom. The van der Waals surface area contributed by atoms with E-state index in [9.17, 15) is 9.59 Å². The minimum absolute atomic E-state index is 0.115. The summed E-state index contributed by atoms with van der Waals surface area (Å²) in [4.78, 5) is 30.5. The van der Waals surface area contributed by atoms with Gasteiger partial charge in [0.05, 0.1) is 23.7 Å². The number of ether oxygens (including phenoxy) is 1. The van der Waals surface area contributed by atoms with Gasteiger partial charge in [-0.3, -0.25) is 4.79 Å². The molecule has 144 valence electrons. The predicted octanol–water partition coefficient (Wildman–Crippen LogP) is 4.24.